The maximum atomic E-state index is 11.9. The molecule has 1 aliphatic rings. The summed E-state index contributed by atoms with van der Waals surface area (Å²) in [6.45, 7) is 2.24. The summed E-state index contributed by atoms with van der Waals surface area (Å²) in [5.41, 5.74) is 0.902. The van der Waals surface area contributed by atoms with Gasteiger partial charge in [0.2, 0.25) is 10.0 Å². The van der Waals surface area contributed by atoms with Gasteiger partial charge in [0.1, 0.15) is 11.5 Å². The molecule has 2 heterocycles. The minimum absolute atomic E-state index is 0.150. The first-order valence-corrected chi connectivity index (χ1v) is 10.6. The summed E-state index contributed by atoms with van der Waals surface area (Å²) in [7, 11) is -2.50. The fourth-order valence-electron chi connectivity index (χ4n) is 3.25. The van der Waals surface area contributed by atoms with Crippen molar-refractivity contribution < 1.29 is 13.3 Å². The molecule has 2 N–H and O–H groups in total. The van der Waals surface area contributed by atoms with Gasteiger partial charge < -0.3 is 10.2 Å². The molecule has 3 rings (SSSR count). The first-order chi connectivity index (χ1) is 13.4. The van der Waals surface area contributed by atoms with Crippen LogP contribution in [0.25, 0.3) is 0 Å². The largest absolute Gasteiger partial charge is 0.375 e. The molecule has 0 radical (unpaired) electrons. The van der Waals surface area contributed by atoms with Gasteiger partial charge in [-0.25, -0.2) is 18.1 Å². The van der Waals surface area contributed by atoms with Crippen LogP contribution < -0.4 is 14.9 Å². The van der Waals surface area contributed by atoms with Crippen LogP contribution in [0.5, 0.6) is 0 Å². The van der Waals surface area contributed by atoms with Gasteiger partial charge in [-0.15, -0.1) is 0 Å². The van der Waals surface area contributed by atoms with Gasteiger partial charge in [0.15, 0.2) is 0 Å². The summed E-state index contributed by atoms with van der Waals surface area (Å²) in [5.74, 6) is 0.881. The lowest BCUT2D eigenvalue weighted by atomic mass is 10.1. The van der Waals surface area contributed by atoms with Gasteiger partial charge in [0.25, 0.3) is 5.69 Å². The number of benzene rings is 1. The number of nitrogens with zero attached hydrogens (tertiary/aromatic N) is 3. The molecule has 2 aromatic rings. The fraction of sp³-hybridized carbons (Fsp3) is 0.389. The number of nitro benzene ring substituents is 1. The molecule has 1 aromatic carbocycles. The van der Waals surface area contributed by atoms with E-state index in [9.17, 15) is 18.5 Å². The van der Waals surface area contributed by atoms with E-state index in [4.69, 9.17) is 0 Å². The minimum atomic E-state index is -3.76. The lowest BCUT2D eigenvalue weighted by molar-refractivity contribution is -0.384. The third-order valence-electron chi connectivity index (χ3n) is 4.74. The maximum absolute atomic E-state index is 11.9. The van der Waals surface area contributed by atoms with Crippen LogP contribution in [0.15, 0.2) is 41.4 Å². The normalized spacial score (nSPS) is 14.7. The Labute approximate surface area is 164 Å². The quantitative estimate of drug-likeness (QED) is 0.537. The highest BCUT2D eigenvalue weighted by Gasteiger charge is 2.21. The van der Waals surface area contributed by atoms with Gasteiger partial charge in [0, 0.05) is 37.5 Å². The molecule has 1 aromatic heterocycles. The predicted octanol–water partition coefficient (Wildman–Crippen LogP) is 2.50. The number of rotatable bonds is 7. The lowest BCUT2D eigenvalue weighted by Crippen LogP contribution is -2.31. The molecule has 0 atom stereocenters. The number of pyridine rings is 1. The number of hydrogen-bond acceptors (Lipinski definition) is 7. The summed E-state index contributed by atoms with van der Waals surface area (Å²) in [6.07, 6.45) is 5.20. The van der Waals surface area contributed by atoms with Gasteiger partial charge in [-0.05, 0) is 44.5 Å². The second-order valence-electron chi connectivity index (χ2n) is 6.53. The third kappa shape index (κ3) is 4.39. The van der Waals surface area contributed by atoms with Crippen molar-refractivity contribution in [2.75, 3.05) is 30.4 Å². The van der Waals surface area contributed by atoms with Gasteiger partial charge in [-0.2, -0.15) is 0 Å². The van der Waals surface area contributed by atoms with Crippen LogP contribution in [0.4, 0.5) is 17.2 Å². The molecule has 0 unspecified atom stereocenters. The molecule has 0 bridgehead atoms. The van der Waals surface area contributed by atoms with Crippen molar-refractivity contribution in [3.8, 4) is 0 Å². The van der Waals surface area contributed by atoms with Crippen molar-refractivity contribution in [1.29, 1.82) is 0 Å². The number of aromatic nitrogens is 1. The number of sulfonamides is 1. The standard InChI is InChI=1S/C18H23N5O4S/c1-19-28(26,27)15-7-8-16(17(12-15)23(24)25)21-13-14-6-5-9-20-18(14)22-10-3-2-4-11-22/h5-9,12,19,21H,2-4,10-11,13H2,1H3. The highest BCUT2D eigenvalue weighted by atomic mass is 32.2. The van der Waals surface area contributed by atoms with E-state index in [2.05, 4.69) is 19.9 Å². The molecule has 28 heavy (non-hydrogen) atoms. The summed E-state index contributed by atoms with van der Waals surface area (Å²) >= 11 is 0. The molecule has 9 nitrogen and oxygen atoms in total. The molecular weight excluding hydrogens is 382 g/mol. The van der Waals surface area contributed by atoms with Crippen molar-refractivity contribution in [2.45, 2.75) is 30.7 Å². The summed E-state index contributed by atoms with van der Waals surface area (Å²) < 4.78 is 26.0. The second kappa shape index (κ2) is 8.53. The summed E-state index contributed by atoms with van der Waals surface area (Å²) in [4.78, 5) is 17.4. The topological polar surface area (TPSA) is 117 Å². The van der Waals surface area contributed by atoms with Crippen LogP contribution in [-0.4, -0.2) is 38.5 Å². The number of hydrogen-bond donors (Lipinski definition) is 2. The SMILES string of the molecule is CNS(=O)(=O)c1ccc(NCc2cccnc2N2CCCCC2)c([N+](=O)[O-])c1. The van der Waals surface area contributed by atoms with E-state index in [1.54, 1.807) is 6.20 Å². The van der Waals surface area contributed by atoms with Crippen LogP contribution in [0.2, 0.25) is 0 Å². The average Bonchev–Trinajstić information content (AvgIpc) is 2.72. The number of piperidine rings is 1. The van der Waals surface area contributed by atoms with Crippen molar-refractivity contribution in [3.05, 3.63) is 52.2 Å². The van der Waals surface area contributed by atoms with Crippen LogP contribution >= 0.6 is 0 Å². The van der Waals surface area contributed by atoms with Crippen molar-refractivity contribution >= 4 is 27.2 Å². The highest BCUT2D eigenvalue weighted by Crippen LogP contribution is 2.29. The summed E-state index contributed by atoms with van der Waals surface area (Å²) in [5, 5.41) is 14.5. The Morgan fingerprint density at radius 3 is 2.64 bits per heavy atom. The molecule has 150 valence electrons. The first kappa shape index (κ1) is 20.0. The van der Waals surface area contributed by atoms with Gasteiger partial charge in [-0.1, -0.05) is 6.07 Å². The first-order valence-electron chi connectivity index (χ1n) is 9.07. The fourth-order valence-corrected chi connectivity index (χ4v) is 4.00. The Hall–Kier alpha value is -2.72. The predicted molar refractivity (Wildman–Crippen MR) is 107 cm³/mol. The van der Waals surface area contributed by atoms with Crippen molar-refractivity contribution in [1.82, 2.24) is 9.71 Å². The van der Waals surface area contributed by atoms with Crippen LogP contribution in [0.1, 0.15) is 24.8 Å². The minimum Gasteiger partial charge on any atom is -0.375 e. The van der Waals surface area contributed by atoms with E-state index >= 15 is 0 Å². The van der Waals surface area contributed by atoms with E-state index in [-0.39, 0.29) is 16.3 Å². The maximum Gasteiger partial charge on any atom is 0.293 e. The molecule has 1 saturated heterocycles. The molecular formula is C18H23N5O4S. The molecule has 0 amide bonds. The molecule has 0 saturated carbocycles. The van der Waals surface area contributed by atoms with Gasteiger partial charge >= 0.3 is 0 Å². The average molecular weight is 405 g/mol. The van der Waals surface area contributed by atoms with Crippen LogP contribution in [0, 0.1) is 10.1 Å². The van der Waals surface area contributed by atoms with Crippen molar-refractivity contribution in [2.24, 2.45) is 0 Å². The molecule has 1 aliphatic heterocycles. The molecule has 0 spiro atoms. The number of nitrogens with one attached hydrogen (secondary N) is 2. The smallest absolute Gasteiger partial charge is 0.293 e. The Morgan fingerprint density at radius 1 is 1.21 bits per heavy atom. The van der Waals surface area contributed by atoms with Crippen LogP contribution in [-0.2, 0) is 16.6 Å². The molecule has 0 aliphatic carbocycles. The number of anilines is 2. The Kier molecular flexibility index (Phi) is 6.10. The zero-order valence-corrected chi connectivity index (χ0v) is 16.4. The van der Waals surface area contributed by atoms with Gasteiger partial charge in [-0.3, -0.25) is 10.1 Å². The van der Waals surface area contributed by atoms with Gasteiger partial charge in [0.05, 0.1) is 9.82 Å². The third-order valence-corrected chi connectivity index (χ3v) is 6.15. The van der Waals surface area contributed by atoms with E-state index in [0.29, 0.717) is 6.54 Å². The number of nitro groups is 1. The van der Waals surface area contributed by atoms with E-state index in [1.165, 1.54) is 25.6 Å². The van der Waals surface area contributed by atoms with E-state index in [1.807, 2.05) is 12.1 Å². The second-order valence-corrected chi connectivity index (χ2v) is 8.42. The lowest BCUT2D eigenvalue weighted by Gasteiger charge is -2.29. The molecule has 1 fully saturated rings. The zero-order chi connectivity index (χ0) is 20.1. The Balaban J connectivity index is 1.84. The van der Waals surface area contributed by atoms with Crippen LogP contribution in [0.3, 0.4) is 0 Å². The Morgan fingerprint density at radius 2 is 1.96 bits per heavy atom. The monoisotopic (exact) mass is 405 g/mol. The Bertz CT molecular complexity index is 958. The van der Waals surface area contributed by atoms with Crippen molar-refractivity contribution in [3.63, 3.8) is 0 Å². The van der Waals surface area contributed by atoms with E-state index in [0.717, 1.165) is 43.4 Å². The van der Waals surface area contributed by atoms with E-state index < -0.39 is 14.9 Å². The molecule has 10 heteroatoms. The zero-order valence-electron chi connectivity index (χ0n) is 15.6. The highest BCUT2D eigenvalue weighted by molar-refractivity contribution is 7.89. The summed E-state index contributed by atoms with van der Waals surface area (Å²) in [6, 6.07) is 7.59.